The van der Waals surface area contributed by atoms with E-state index >= 15 is 0 Å². The van der Waals surface area contributed by atoms with Gasteiger partial charge in [-0.25, -0.2) is 4.98 Å². The molecule has 0 N–H and O–H groups in total. The Morgan fingerprint density at radius 2 is 1.79 bits per heavy atom. The zero-order valence-electron chi connectivity index (χ0n) is 15.7. The molecule has 2 fully saturated rings. The van der Waals surface area contributed by atoms with E-state index in [2.05, 4.69) is 4.98 Å². The summed E-state index contributed by atoms with van der Waals surface area (Å²) in [6, 6.07) is 6.43. The molecule has 0 unspecified atom stereocenters. The number of imide groups is 1. The SMILES string of the molecule is O=C(CCN1C(=O)[C@H]2CCCC[C@@H]2C1=O)OCc1nc2ccccc2n1C(F)F. The largest absolute Gasteiger partial charge is 0.457 e. The summed E-state index contributed by atoms with van der Waals surface area (Å²) in [6.45, 7) is -3.28. The number of halogens is 2. The third-order valence-corrected chi connectivity index (χ3v) is 5.70. The standard InChI is InChI=1S/C20H21F2N3O4/c21-20(22)25-15-8-4-3-7-14(15)23-16(25)11-29-17(26)9-10-24-18(27)12-5-1-2-6-13(12)19(24)28/h3-4,7-8,12-13,20H,1-2,5-6,9-11H2/t12-,13-/m0/s1. The summed E-state index contributed by atoms with van der Waals surface area (Å²) < 4.78 is 32.6. The number of rotatable bonds is 6. The molecule has 1 saturated carbocycles. The number of carbonyl (C=O) groups is 3. The lowest BCUT2D eigenvalue weighted by Gasteiger charge is -2.19. The van der Waals surface area contributed by atoms with Gasteiger partial charge in [-0.1, -0.05) is 25.0 Å². The van der Waals surface area contributed by atoms with E-state index < -0.39 is 19.1 Å². The molecule has 2 amide bonds. The predicted molar refractivity (Wildman–Crippen MR) is 97.6 cm³/mol. The van der Waals surface area contributed by atoms with Crippen molar-refractivity contribution in [3.63, 3.8) is 0 Å². The minimum Gasteiger partial charge on any atom is -0.457 e. The number of benzene rings is 1. The summed E-state index contributed by atoms with van der Waals surface area (Å²) in [5, 5.41) is 0. The number of para-hydroxylation sites is 2. The molecule has 0 bridgehead atoms. The molecule has 0 radical (unpaired) electrons. The Labute approximate surface area is 165 Å². The molecule has 1 aromatic heterocycles. The predicted octanol–water partition coefficient (Wildman–Crippen LogP) is 3.04. The van der Waals surface area contributed by atoms with Crippen molar-refractivity contribution >= 4 is 28.8 Å². The van der Waals surface area contributed by atoms with E-state index in [9.17, 15) is 23.2 Å². The molecular weight excluding hydrogens is 384 g/mol. The molecule has 0 spiro atoms. The van der Waals surface area contributed by atoms with E-state index in [1.165, 1.54) is 6.07 Å². The van der Waals surface area contributed by atoms with Gasteiger partial charge in [0.05, 0.1) is 29.3 Å². The van der Waals surface area contributed by atoms with Crippen LogP contribution in [0.5, 0.6) is 0 Å². The fourth-order valence-electron chi connectivity index (χ4n) is 4.29. The molecule has 4 rings (SSSR count). The monoisotopic (exact) mass is 405 g/mol. The van der Waals surface area contributed by atoms with Gasteiger partial charge in [-0.15, -0.1) is 0 Å². The van der Waals surface area contributed by atoms with Crippen molar-refractivity contribution in [3.8, 4) is 0 Å². The number of alkyl halides is 2. The van der Waals surface area contributed by atoms with Crippen molar-refractivity contribution < 1.29 is 27.9 Å². The average Bonchev–Trinajstić information content (AvgIpc) is 3.21. The zero-order chi connectivity index (χ0) is 20.5. The lowest BCUT2D eigenvalue weighted by Crippen LogP contribution is -2.33. The van der Waals surface area contributed by atoms with Gasteiger partial charge in [0, 0.05) is 6.54 Å². The summed E-state index contributed by atoms with van der Waals surface area (Å²) >= 11 is 0. The van der Waals surface area contributed by atoms with Crippen LogP contribution in [-0.4, -0.2) is 38.8 Å². The van der Waals surface area contributed by atoms with Crippen LogP contribution in [0.4, 0.5) is 8.78 Å². The van der Waals surface area contributed by atoms with Gasteiger partial charge in [0.15, 0.2) is 5.82 Å². The third kappa shape index (κ3) is 3.61. The quantitative estimate of drug-likeness (QED) is 0.545. The van der Waals surface area contributed by atoms with Crippen molar-refractivity contribution in [1.82, 2.24) is 14.5 Å². The van der Waals surface area contributed by atoms with Gasteiger partial charge in [-0.3, -0.25) is 23.9 Å². The van der Waals surface area contributed by atoms with Crippen molar-refractivity contribution in [2.45, 2.75) is 45.3 Å². The Bertz CT molecular complexity index is 934. The maximum Gasteiger partial charge on any atom is 0.320 e. The molecular formula is C20H21F2N3O4. The van der Waals surface area contributed by atoms with Gasteiger partial charge in [0.25, 0.3) is 0 Å². The number of nitrogens with zero attached hydrogens (tertiary/aromatic N) is 3. The molecule has 1 aliphatic carbocycles. The lowest BCUT2D eigenvalue weighted by molar-refractivity contribution is -0.147. The van der Waals surface area contributed by atoms with E-state index in [1.54, 1.807) is 18.2 Å². The van der Waals surface area contributed by atoms with E-state index in [-0.39, 0.29) is 48.0 Å². The number of carbonyl (C=O) groups excluding carboxylic acids is 3. The first kappa shape index (κ1) is 19.5. The molecule has 2 aromatic rings. The summed E-state index contributed by atoms with van der Waals surface area (Å²) in [7, 11) is 0. The molecule has 154 valence electrons. The van der Waals surface area contributed by atoms with Gasteiger partial charge in [-0.2, -0.15) is 8.78 Å². The van der Waals surface area contributed by atoms with Crippen LogP contribution >= 0.6 is 0 Å². The second kappa shape index (κ2) is 7.88. The minimum atomic E-state index is -2.82. The van der Waals surface area contributed by atoms with Gasteiger partial charge < -0.3 is 4.74 Å². The molecule has 7 nitrogen and oxygen atoms in total. The Balaban J connectivity index is 1.36. The van der Waals surface area contributed by atoms with Crippen LogP contribution in [0.25, 0.3) is 11.0 Å². The summed E-state index contributed by atoms with van der Waals surface area (Å²) in [5.41, 5.74) is 0.638. The number of esters is 1. The Hall–Kier alpha value is -2.84. The topological polar surface area (TPSA) is 81.5 Å². The van der Waals surface area contributed by atoms with Crippen molar-refractivity contribution in [1.29, 1.82) is 0 Å². The molecule has 2 heterocycles. The van der Waals surface area contributed by atoms with Gasteiger partial charge >= 0.3 is 12.5 Å². The highest BCUT2D eigenvalue weighted by Crippen LogP contribution is 2.38. The highest BCUT2D eigenvalue weighted by molar-refractivity contribution is 6.05. The molecule has 9 heteroatoms. The number of hydrogen-bond donors (Lipinski definition) is 0. The molecule has 1 aromatic carbocycles. The Kier molecular flexibility index (Phi) is 5.29. The Morgan fingerprint density at radius 1 is 1.14 bits per heavy atom. The summed E-state index contributed by atoms with van der Waals surface area (Å²) in [6.07, 6.45) is 3.11. The fraction of sp³-hybridized carbons (Fsp3) is 0.500. The first-order valence-corrected chi connectivity index (χ1v) is 9.72. The van der Waals surface area contributed by atoms with Crippen LogP contribution in [0.15, 0.2) is 24.3 Å². The van der Waals surface area contributed by atoms with E-state index in [0.717, 1.165) is 22.3 Å². The first-order chi connectivity index (χ1) is 14.0. The van der Waals surface area contributed by atoms with Crippen LogP contribution in [-0.2, 0) is 25.7 Å². The molecule has 2 aliphatic rings. The highest BCUT2D eigenvalue weighted by Gasteiger charge is 2.47. The first-order valence-electron chi connectivity index (χ1n) is 9.72. The van der Waals surface area contributed by atoms with Crippen molar-refractivity contribution in [2.75, 3.05) is 6.54 Å². The van der Waals surface area contributed by atoms with Crippen LogP contribution < -0.4 is 0 Å². The average molecular weight is 405 g/mol. The zero-order valence-corrected chi connectivity index (χ0v) is 15.7. The number of likely N-dealkylation sites (tertiary alicyclic amines) is 1. The number of imidazole rings is 1. The van der Waals surface area contributed by atoms with Crippen molar-refractivity contribution in [3.05, 3.63) is 30.1 Å². The lowest BCUT2D eigenvalue weighted by atomic mass is 9.81. The number of hydrogen-bond acceptors (Lipinski definition) is 5. The fourth-order valence-corrected chi connectivity index (χ4v) is 4.29. The summed E-state index contributed by atoms with van der Waals surface area (Å²) in [5.74, 6) is -1.70. The maximum absolute atomic E-state index is 13.4. The van der Waals surface area contributed by atoms with Gasteiger partial charge in [0.1, 0.15) is 6.61 Å². The molecule has 29 heavy (non-hydrogen) atoms. The van der Waals surface area contributed by atoms with Crippen LogP contribution in [0.1, 0.15) is 44.5 Å². The molecule has 2 atom stereocenters. The van der Waals surface area contributed by atoms with Crippen molar-refractivity contribution in [2.24, 2.45) is 11.8 Å². The minimum absolute atomic E-state index is 0.0469. The van der Waals surface area contributed by atoms with Crippen LogP contribution in [0.2, 0.25) is 0 Å². The van der Waals surface area contributed by atoms with E-state index in [4.69, 9.17) is 4.74 Å². The number of aromatic nitrogens is 2. The summed E-state index contributed by atoms with van der Waals surface area (Å²) in [4.78, 5) is 42.2. The molecule has 1 aliphatic heterocycles. The van der Waals surface area contributed by atoms with Gasteiger partial charge in [0.2, 0.25) is 11.8 Å². The van der Waals surface area contributed by atoms with Crippen LogP contribution in [0.3, 0.4) is 0 Å². The van der Waals surface area contributed by atoms with E-state index in [0.29, 0.717) is 18.4 Å². The maximum atomic E-state index is 13.4. The third-order valence-electron chi connectivity index (χ3n) is 5.70. The number of fused-ring (bicyclic) bond motifs is 2. The second-order valence-electron chi connectivity index (χ2n) is 7.40. The second-order valence-corrected chi connectivity index (χ2v) is 7.40. The Morgan fingerprint density at radius 3 is 2.45 bits per heavy atom. The molecule has 1 saturated heterocycles. The highest BCUT2D eigenvalue weighted by atomic mass is 19.3. The van der Waals surface area contributed by atoms with Crippen LogP contribution in [0, 0.1) is 11.8 Å². The number of amides is 2. The normalized spacial score (nSPS) is 21.8. The smallest absolute Gasteiger partial charge is 0.320 e. The van der Waals surface area contributed by atoms with E-state index in [1.807, 2.05) is 0 Å². The number of ether oxygens (including phenoxy) is 1. The van der Waals surface area contributed by atoms with Gasteiger partial charge in [-0.05, 0) is 25.0 Å².